The lowest BCUT2D eigenvalue weighted by Crippen LogP contribution is -2.33. The Morgan fingerprint density at radius 3 is 2.50 bits per heavy atom. The predicted octanol–water partition coefficient (Wildman–Crippen LogP) is 1.56. The number of nitrogens with zero attached hydrogens (tertiary/aromatic N) is 3. The molecule has 1 heterocycles. The van der Waals surface area contributed by atoms with Crippen LogP contribution < -0.4 is 4.90 Å². The Bertz CT molecular complexity index is 385. The first kappa shape index (κ1) is 14.6. The molecule has 0 aromatic carbocycles. The largest absolute Gasteiger partial charge is 0.433 e. The monoisotopic (exact) mass is 271 g/mol. The third-order valence-electron chi connectivity index (χ3n) is 1.94. The van der Waals surface area contributed by atoms with Gasteiger partial charge in [-0.2, -0.15) is 13.2 Å². The first-order chi connectivity index (χ1) is 8.34. The highest BCUT2D eigenvalue weighted by Gasteiger charge is 2.33. The SMILES string of the molecule is OCCN(CC(F)F)c1nccc(C(F)(F)F)n1. The summed E-state index contributed by atoms with van der Waals surface area (Å²) in [6, 6.07) is 0.642. The number of aromatic nitrogens is 2. The topological polar surface area (TPSA) is 49.2 Å². The second-order valence-electron chi connectivity index (χ2n) is 3.30. The molecule has 0 radical (unpaired) electrons. The molecule has 0 saturated carbocycles. The third kappa shape index (κ3) is 4.06. The lowest BCUT2D eigenvalue weighted by atomic mass is 10.4. The highest BCUT2D eigenvalue weighted by molar-refractivity contribution is 5.30. The molecule has 0 bridgehead atoms. The van der Waals surface area contributed by atoms with Crippen LogP contribution in [0.3, 0.4) is 0 Å². The number of hydrogen-bond donors (Lipinski definition) is 1. The molecule has 18 heavy (non-hydrogen) atoms. The van der Waals surface area contributed by atoms with Gasteiger partial charge in [0.05, 0.1) is 13.2 Å². The highest BCUT2D eigenvalue weighted by Crippen LogP contribution is 2.28. The Morgan fingerprint density at radius 1 is 1.33 bits per heavy atom. The summed E-state index contributed by atoms with van der Waals surface area (Å²) in [5.41, 5.74) is -1.22. The molecule has 0 aliphatic heterocycles. The molecule has 4 nitrogen and oxygen atoms in total. The fourth-order valence-corrected chi connectivity index (χ4v) is 1.22. The maximum Gasteiger partial charge on any atom is 0.433 e. The minimum absolute atomic E-state index is 0.272. The average molecular weight is 271 g/mol. The predicted molar refractivity (Wildman–Crippen MR) is 52.3 cm³/mol. The van der Waals surface area contributed by atoms with Crippen molar-refractivity contribution in [1.29, 1.82) is 0 Å². The van der Waals surface area contributed by atoms with Crippen LogP contribution in [0.25, 0.3) is 0 Å². The molecule has 0 atom stereocenters. The third-order valence-corrected chi connectivity index (χ3v) is 1.94. The lowest BCUT2D eigenvalue weighted by Gasteiger charge is -2.21. The van der Waals surface area contributed by atoms with Gasteiger partial charge in [0.1, 0.15) is 5.69 Å². The minimum atomic E-state index is -4.67. The Morgan fingerprint density at radius 2 is 2.00 bits per heavy atom. The second kappa shape index (κ2) is 5.89. The van der Waals surface area contributed by atoms with E-state index >= 15 is 0 Å². The molecule has 0 fully saturated rings. The summed E-state index contributed by atoms with van der Waals surface area (Å²) in [6.07, 6.45) is -6.61. The maximum absolute atomic E-state index is 12.4. The van der Waals surface area contributed by atoms with Gasteiger partial charge in [-0.3, -0.25) is 0 Å². The van der Waals surface area contributed by atoms with E-state index in [1.54, 1.807) is 0 Å². The number of halogens is 5. The van der Waals surface area contributed by atoms with E-state index in [0.717, 1.165) is 11.1 Å². The number of aliphatic hydroxyl groups is 1. The summed E-state index contributed by atoms with van der Waals surface area (Å²) >= 11 is 0. The Balaban J connectivity index is 2.97. The number of hydrogen-bond acceptors (Lipinski definition) is 4. The maximum atomic E-state index is 12.4. The molecule has 1 N–H and O–H groups in total. The number of alkyl halides is 5. The van der Waals surface area contributed by atoms with Crippen molar-refractivity contribution in [3.05, 3.63) is 18.0 Å². The molecule has 1 rings (SSSR count). The van der Waals surface area contributed by atoms with E-state index in [0.29, 0.717) is 6.07 Å². The summed E-state index contributed by atoms with van der Waals surface area (Å²) in [7, 11) is 0. The van der Waals surface area contributed by atoms with Gasteiger partial charge in [0.15, 0.2) is 0 Å². The van der Waals surface area contributed by atoms with E-state index in [2.05, 4.69) is 9.97 Å². The molecule has 0 aliphatic carbocycles. The molecular weight excluding hydrogens is 261 g/mol. The second-order valence-corrected chi connectivity index (χ2v) is 3.30. The van der Waals surface area contributed by atoms with Crippen molar-refractivity contribution in [2.75, 3.05) is 24.6 Å². The molecule has 0 spiro atoms. The van der Waals surface area contributed by atoms with Gasteiger partial charge in [-0.1, -0.05) is 0 Å². The summed E-state index contributed by atoms with van der Waals surface area (Å²) < 4.78 is 61.6. The summed E-state index contributed by atoms with van der Waals surface area (Å²) in [5.74, 6) is -0.487. The van der Waals surface area contributed by atoms with E-state index in [1.807, 2.05) is 0 Å². The van der Waals surface area contributed by atoms with Crippen LogP contribution in [0.2, 0.25) is 0 Å². The van der Waals surface area contributed by atoms with Gasteiger partial charge in [-0.05, 0) is 6.07 Å². The first-order valence-electron chi connectivity index (χ1n) is 4.88. The Labute approximate surface area is 99.1 Å². The van der Waals surface area contributed by atoms with Gasteiger partial charge in [-0.15, -0.1) is 0 Å². The molecule has 0 unspecified atom stereocenters. The van der Waals surface area contributed by atoms with Crippen LogP contribution in [0, 0.1) is 0 Å². The standard InChI is InChI=1S/C9H10F5N3O/c10-7(11)5-17(3-4-18)8-15-2-1-6(16-8)9(12,13)14/h1-2,7,18H,3-5H2. The molecule has 102 valence electrons. The zero-order valence-electron chi connectivity index (χ0n) is 9.03. The molecule has 0 amide bonds. The number of aliphatic hydroxyl groups excluding tert-OH is 1. The normalized spacial score (nSPS) is 11.9. The van der Waals surface area contributed by atoms with Gasteiger partial charge < -0.3 is 10.0 Å². The van der Waals surface area contributed by atoms with Gasteiger partial charge in [0.25, 0.3) is 6.43 Å². The van der Waals surface area contributed by atoms with Crippen LogP contribution in [0.5, 0.6) is 0 Å². The molecular formula is C9H10F5N3O. The molecule has 9 heteroatoms. The highest BCUT2D eigenvalue weighted by atomic mass is 19.4. The zero-order chi connectivity index (χ0) is 13.8. The van der Waals surface area contributed by atoms with E-state index in [1.165, 1.54) is 0 Å². The fourth-order valence-electron chi connectivity index (χ4n) is 1.22. The van der Waals surface area contributed by atoms with E-state index in [9.17, 15) is 22.0 Å². The Hall–Kier alpha value is -1.51. The van der Waals surface area contributed by atoms with Crippen molar-refractivity contribution in [2.45, 2.75) is 12.6 Å². The van der Waals surface area contributed by atoms with Gasteiger partial charge in [0, 0.05) is 12.7 Å². The van der Waals surface area contributed by atoms with Crippen LogP contribution in [0.4, 0.5) is 27.9 Å². The molecule has 0 aliphatic rings. The van der Waals surface area contributed by atoms with Crippen molar-refractivity contribution in [2.24, 2.45) is 0 Å². The summed E-state index contributed by atoms with van der Waals surface area (Å²) in [4.78, 5) is 7.45. The smallest absolute Gasteiger partial charge is 0.395 e. The lowest BCUT2D eigenvalue weighted by molar-refractivity contribution is -0.141. The first-order valence-corrected chi connectivity index (χ1v) is 4.88. The van der Waals surface area contributed by atoms with Crippen molar-refractivity contribution < 1.29 is 27.1 Å². The van der Waals surface area contributed by atoms with Crippen molar-refractivity contribution in [1.82, 2.24) is 9.97 Å². The van der Waals surface area contributed by atoms with Crippen molar-refractivity contribution in [3.8, 4) is 0 Å². The van der Waals surface area contributed by atoms with Gasteiger partial charge in [-0.25, -0.2) is 18.7 Å². The average Bonchev–Trinajstić information content (AvgIpc) is 2.27. The van der Waals surface area contributed by atoms with Crippen molar-refractivity contribution in [3.63, 3.8) is 0 Å². The number of anilines is 1. The van der Waals surface area contributed by atoms with E-state index in [4.69, 9.17) is 5.11 Å². The van der Waals surface area contributed by atoms with Gasteiger partial charge in [0.2, 0.25) is 5.95 Å². The fraction of sp³-hybridized carbons (Fsp3) is 0.556. The minimum Gasteiger partial charge on any atom is -0.395 e. The number of rotatable bonds is 5. The molecule has 0 saturated heterocycles. The van der Waals surface area contributed by atoms with Crippen molar-refractivity contribution >= 4 is 5.95 Å². The summed E-state index contributed by atoms with van der Waals surface area (Å²) in [5, 5.41) is 8.68. The molecule has 1 aromatic rings. The summed E-state index contributed by atoms with van der Waals surface area (Å²) in [6.45, 7) is -1.61. The van der Waals surface area contributed by atoms with Gasteiger partial charge >= 0.3 is 6.18 Å². The molecule has 1 aromatic heterocycles. The van der Waals surface area contributed by atoms with Crippen LogP contribution >= 0.6 is 0 Å². The van der Waals surface area contributed by atoms with E-state index < -0.39 is 37.4 Å². The van der Waals surface area contributed by atoms with E-state index in [-0.39, 0.29) is 6.54 Å². The van der Waals surface area contributed by atoms with Crippen LogP contribution in [-0.2, 0) is 6.18 Å². The van der Waals surface area contributed by atoms with Crippen LogP contribution in [0.1, 0.15) is 5.69 Å². The Kier molecular flexibility index (Phi) is 4.76. The van der Waals surface area contributed by atoms with Crippen LogP contribution in [-0.4, -0.2) is 41.2 Å². The van der Waals surface area contributed by atoms with Crippen LogP contribution in [0.15, 0.2) is 12.3 Å². The quantitative estimate of drug-likeness (QED) is 0.826. The zero-order valence-corrected chi connectivity index (χ0v) is 9.03.